The van der Waals surface area contributed by atoms with Gasteiger partial charge in [0, 0.05) is 32.3 Å². The van der Waals surface area contributed by atoms with Crippen LogP contribution in [0.15, 0.2) is 24.3 Å². The number of hydrogen-bond donors (Lipinski definition) is 1. The molecule has 2 fully saturated rings. The fourth-order valence-electron chi connectivity index (χ4n) is 3.53. The van der Waals surface area contributed by atoms with Gasteiger partial charge in [0.15, 0.2) is 0 Å². The lowest BCUT2D eigenvalue weighted by molar-refractivity contribution is 0.0679. The molecule has 24 heavy (non-hydrogen) atoms. The van der Waals surface area contributed by atoms with E-state index in [4.69, 9.17) is 15.2 Å². The average Bonchev–Trinajstić information content (AvgIpc) is 3.03. The quantitative estimate of drug-likeness (QED) is 0.881. The van der Waals surface area contributed by atoms with Crippen LogP contribution >= 0.6 is 12.4 Å². The normalized spacial score (nSPS) is 26.8. The van der Waals surface area contributed by atoms with Gasteiger partial charge in [0.25, 0.3) is 0 Å². The SMILES string of the molecule is CC1(C)CN(Cc2ccc(OCC3CCCO3)cc2)CCC1N.Cl. The van der Waals surface area contributed by atoms with E-state index >= 15 is 0 Å². The summed E-state index contributed by atoms with van der Waals surface area (Å²) in [5, 5.41) is 0. The first kappa shape index (κ1) is 19.5. The van der Waals surface area contributed by atoms with E-state index < -0.39 is 0 Å². The third kappa shape index (κ3) is 5.09. The summed E-state index contributed by atoms with van der Waals surface area (Å²) in [4.78, 5) is 2.51. The summed E-state index contributed by atoms with van der Waals surface area (Å²) in [6.45, 7) is 9.22. The molecule has 136 valence electrons. The Morgan fingerprint density at radius 1 is 1.25 bits per heavy atom. The summed E-state index contributed by atoms with van der Waals surface area (Å²) in [6.07, 6.45) is 3.62. The molecule has 3 rings (SSSR count). The van der Waals surface area contributed by atoms with E-state index in [2.05, 4.69) is 43.0 Å². The Kier molecular flexibility index (Phi) is 6.93. The van der Waals surface area contributed by atoms with Crippen molar-refractivity contribution in [3.05, 3.63) is 29.8 Å². The minimum atomic E-state index is 0. The second-order valence-corrected chi connectivity index (χ2v) is 7.68. The smallest absolute Gasteiger partial charge is 0.119 e. The van der Waals surface area contributed by atoms with E-state index in [0.717, 1.165) is 51.3 Å². The van der Waals surface area contributed by atoms with E-state index in [9.17, 15) is 0 Å². The summed E-state index contributed by atoms with van der Waals surface area (Å²) in [7, 11) is 0. The molecule has 0 bridgehead atoms. The van der Waals surface area contributed by atoms with E-state index in [1.807, 2.05) is 0 Å². The summed E-state index contributed by atoms with van der Waals surface area (Å²) in [5.41, 5.74) is 7.75. The highest BCUT2D eigenvalue weighted by Gasteiger charge is 2.33. The molecule has 4 nitrogen and oxygen atoms in total. The van der Waals surface area contributed by atoms with Crippen molar-refractivity contribution in [2.24, 2.45) is 11.1 Å². The summed E-state index contributed by atoms with van der Waals surface area (Å²) in [5.74, 6) is 0.935. The first-order valence-corrected chi connectivity index (χ1v) is 8.84. The molecule has 2 atom stereocenters. The number of hydrogen-bond acceptors (Lipinski definition) is 4. The van der Waals surface area contributed by atoms with Gasteiger partial charge >= 0.3 is 0 Å². The first-order valence-electron chi connectivity index (χ1n) is 8.84. The zero-order chi connectivity index (χ0) is 16.3. The molecular weight excluding hydrogens is 324 g/mol. The van der Waals surface area contributed by atoms with Crippen LogP contribution in [-0.2, 0) is 11.3 Å². The molecule has 2 aliphatic heterocycles. The fourth-order valence-corrected chi connectivity index (χ4v) is 3.53. The van der Waals surface area contributed by atoms with Crippen molar-refractivity contribution in [1.82, 2.24) is 4.90 Å². The molecule has 2 aliphatic rings. The maximum atomic E-state index is 6.22. The zero-order valence-corrected chi connectivity index (χ0v) is 15.7. The lowest BCUT2D eigenvalue weighted by Gasteiger charge is -2.42. The topological polar surface area (TPSA) is 47.7 Å². The van der Waals surface area contributed by atoms with Crippen molar-refractivity contribution < 1.29 is 9.47 Å². The molecule has 2 heterocycles. The Labute approximate surface area is 152 Å². The largest absolute Gasteiger partial charge is 0.491 e. The molecule has 0 aromatic heterocycles. The average molecular weight is 355 g/mol. The summed E-state index contributed by atoms with van der Waals surface area (Å²) >= 11 is 0. The van der Waals surface area contributed by atoms with E-state index in [-0.39, 0.29) is 23.9 Å². The Morgan fingerprint density at radius 2 is 2.00 bits per heavy atom. The molecule has 2 N–H and O–H groups in total. The van der Waals surface area contributed by atoms with Crippen LogP contribution in [0.1, 0.15) is 38.7 Å². The van der Waals surface area contributed by atoms with Gasteiger partial charge in [-0.2, -0.15) is 0 Å². The predicted octanol–water partition coefficient (Wildman–Crippen LogP) is 3.23. The first-order chi connectivity index (χ1) is 11.0. The van der Waals surface area contributed by atoms with Crippen molar-refractivity contribution in [2.45, 2.75) is 51.8 Å². The van der Waals surface area contributed by atoms with Gasteiger partial charge in [0.05, 0.1) is 6.10 Å². The molecule has 0 radical (unpaired) electrons. The number of ether oxygens (including phenoxy) is 2. The standard InChI is InChI=1S/C19H30N2O2.ClH/c1-19(2)14-21(10-9-18(19)20)12-15-5-7-16(8-6-15)23-13-17-4-3-11-22-17;/h5-8,17-18H,3-4,9-14,20H2,1-2H3;1H. The van der Waals surface area contributed by atoms with Crippen molar-refractivity contribution in [3.63, 3.8) is 0 Å². The number of benzene rings is 1. The minimum Gasteiger partial charge on any atom is -0.491 e. The molecule has 2 unspecified atom stereocenters. The number of piperidine rings is 1. The van der Waals surface area contributed by atoms with Crippen LogP contribution in [-0.4, -0.2) is 43.3 Å². The lowest BCUT2D eigenvalue weighted by atomic mass is 9.79. The highest BCUT2D eigenvalue weighted by Crippen LogP contribution is 2.28. The summed E-state index contributed by atoms with van der Waals surface area (Å²) in [6, 6.07) is 8.81. The predicted molar refractivity (Wildman–Crippen MR) is 99.8 cm³/mol. The molecule has 0 saturated carbocycles. The number of halogens is 1. The van der Waals surface area contributed by atoms with Crippen molar-refractivity contribution in [2.75, 3.05) is 26.3 Å². The Morgan fingerprint density at radius 3 is 2.62 bits per heavy atom. The van der Waals surface area contributed by atoms with E-state index in [0.29, 0.717) is 12.6 Å². The maximum absolute atomic E-state index is 6.22. The maximum Gasteiger partial charge on any atom is 0.119 e. The van der Waals surface area contributed by atoms with Gasteiger partial charge in [-0.25, -0.2) is 0 Å². The molecule has 5 heteroatoms. The van der Waals surface area contributed by atoms with Crippen LogP contribution in [0.4, 0.5) is 0 Å². The Balaban J connectivity index is 0.00000208. The van der Waals surface area contributed by atoms with E-state index in [1.54, 1.807) is 0 Å². The van der Waals surface area contributed by atoms with Gasteiger partial charge in [0.2, 0.25) is 0 Å². The van der Waals surface area contributed by atoms with E-state index in [1.165, 1.54) is 5.56 Å². The number of nitrogens with zero attached hydrogens (tertiary/aromatic N) is 1. The molecule has 0 spiro atoms. The molecule has 1 aromatic carbocycles. The summed E-state index contributed by atoms with van der Waals surface area (Å²) < 4.78 is 11.4. The van der Waals surface area contributed by atoms with Gasteiger partial charge in [-0.3, -0.25) is 4.90 Å². The number of rotatable bonds is 5. The second kappa shape index (κ2) is 8.52. The molecule has 0 amide bonds. The van der Waals surface area contributed by atoms with Crippen LogP contribution in [0.2, 0.25) is 0 Å². The zero-order valence-electron chi connectivity index (χ0n) is 14.9. The van der Waals surface area contributed by atoms with Crippen molar-refractivity contribution in [3.8, 4) is 5.75 Å². The van der Waals surface area contributed by atoms with Crippen molar-refractivity contribution >= 4 is 12.4 Å². The minimum absolute atomic E-state index is 0. The molecule has 0 aliphatic carbocycles. The Bertz CT molecular complexity index is 501. The second-order valence-electron chi connectivity index (χ2n) is 7.68. The van der Waals surface area contributed by atoms with Gasteiger partial charge in [-0.15, -0.1) is 12.4 Å². The fraction of sp³-hybridized carbons (Fsp3) is 0.684. The monoisotopic (exact) mass is 354 g/mol. The van der Waals surface area contributed by atoms with Gasteiger partial charge in [0.1, 0.15) is 12.4 Å². The van der Waals surface area contributed by atoms with Crippen LogP contribution in [0, 0.1) is 5.41 Å². The molecule has 2 saturated heterocycles. The van der Waals surface area contributed by atoms with Gasteiger partial charge in [-0.1, -0.05) is 26.0 Å². The third-order valence-corrected chi connectivity index (χ3v) is 5.18. The highest BCUT2D eigenvalue weighted by atomic mass is 35.5. The number of likely N-dealkylation sites (tertiary alicyclic amines) is 1. The molecular formula is C19H31ClN2O2. The van der Waals surface area contributed by atoms with Crippen LogP contribution in [0.5, 0.6) is 5.75 Å². The lowest BCUT2D eigenvalue weighted by Crippen LogP contribution is -2.52. The molecule has 1 aromatic rings. The highest BCUT2D eigenvalue weighted by molar-refractivity contribution is 5.85. The van der Waals surface area contributed by atoms with Crippen LogP contribution in [0.3, 0.4) is 0 Å². The van der Waals surface area contributed by atoms with Gasteiger partial charge < -0.3 is 15.2 Å². The number of nitrogens with two attached hydrogens (primary N) is 1. The van der Waals surface area contributed by atoms with Crippen LogP contribution < -0.4 is 10.5 Å². The van der Waals surface area contributed by atoms with Crippen LogP contribution in [0.25, 0.3) is 0 Å². The van der Waals surface area contributed by atoms with Gasteiger partial charge in [-0.05, 0) is 42.4 Å². The van der Waals surface area contributed by atoms with Crippen molar-refractivity contribution in [1.29, 1.82) is 0 Å². The Hall–Kier alpha value is -0.810. The third-order valence-electron chi connectivity index (χ3n) is 5.18.